The fourth-order valence-electron chi connectivity index (χ4n) is 3.63. The molecule has 3 aromatic carbocycles. The van der Waals surface area contributed by atoms with Crippen LogP contribution in [-0.2, 0) is 4.79 Å². The molecule has 2 amide bonds. The maximum Gasteiger partial charge on any atom is 0.304 e. The van der Waals surface area contributed by atoms with E-state index in [2.05, 4.69) is 10.7 Å². The number of hydrazone groups is 1. The number of amides is 2. The zero-order chi connectivity index (χ0) is 22.5. The molecule has 1 aliphatic heterocycles. The number of nitrogens with one attached hydrogen (secondary N) is 2. The minimum atomic E-state index is -0.839. The molecule has 0 aliphatic carbocycles. The zero-order valence-electron chi connectivity index (χ0n) is 17.5. The van der Waals surface area contributed by atoms with Crippen molar-refractivity contribution in [3.05, 3.63) is 101 Å². The van der Waals surface area contributed by atoms with Gasteiger partial charge < -0.3 is 10.1 Å². The molecular weight excluding hydrogens is 409 g/mol. The normalized spacial score (nSPS) is 18.9. The van der Waals surface area contributed by atoms with Crippen molar-refractivity contribution in [2.75, 3.05) is 6.61 Å². The summed E-state index contributed by atoms with van der Waals surface area (Å²) < 4.78 is 20.4. The summed E-state index contributed by atoms with van der Waals surface area (Å²) in [6, 6.07) is 20.9. The summed E-state index contributed by atoms with van der Waals surface area (Å²) in [5.41, 5.74) is 4.84. The molecule has 162 valence electrons. The number of hydrazine groups is 1. The van der Waals surface area contributed by atoms with Crippen LogP contribution >= 0.6 is 0 Å². The number of hydrogen-bond acceptors (Lipinski definition) is 3. The fourth-order valence-corrected chi connectivity index (χ4v) is 3.63. The average Bonchev–Trinajstić information content (AvgIpc) is 3.10. The summed E-state index contributed by atoms with van der Waals surface area (Å²) in [6.45, 7) is 2.50. The van der Waals surface area contributed by atoms with Crippen molar-refractivity contribution < 1.29 is 23.4 Å². The molecule has 0 bridgehead atoms. The van der Waals surface area contributed by atoms with Crippen LogP contribution in [0.5, 0.6) is 5.75 Å². The third kappa shape index (κ3) is 4.67. The molecular formula is C25H23FN3O3+. The molecule has 32 heavy (non-hydrogen) atoms. The second kappa shape index (κ2) is 9.43. The Bertz CT molecular complexity index is 1130. The maximum atomic E-state index is 13.2. The second-order valence-corrected chi connectivity index (χ2v) is 7.33. The van der Waals surface area contributed by atoms with E-state index >= 15 is 0 Å². The highest BCUT2D eigenvalue weighted by Gasteiger charge is 2.47. The molecule has 0 aromatic heterocycles. The molecule has 1 fully saturated rings. The summed E-state index contributed by atoms with van der Waals surface area (Å²) >= 11 is 0. The van der Waals surface area contributed by atoms with E-state index in [1.807, 2.05) is 67.7 Å². The highest BCUT2D eigenvalue weighted by Crippen LogP contribution is 2.25. The number of benzene rings is 3. The van der Waals surface area contributed by atoms with Gasteiger partial charge in [0.1, 0.15) is 11.6 Å². The third-order valence-electron chi connectivity index (χ3n) is 5.15. The van der Waals surface area contributed by atoms with Crippen LogP contribution in [0.25, 0.3) is 0 Å². The molecule has 7 heteroatoms. The van der Waals surface area contributed by atoms with Gasteiger partial charge in [0.2, 0.25) is 12.3 Å². The molecule has 3 aromatic rings. The van der Waals surface area contributed by atoms with Crippen molar-refractivity contribution in [3.63, 3.8) is 0 Å². The number of nitrogens with zero attached hydrogens (tertiary/aromatic N) is 1. The first-order valence-electron chi connectivity index (χ1n) is 10.3. The monoisotopic (exact) mass is 432 g/mol. The minimum absolute atomic E-state index is 0.278. The van der Waals surface area contributed by atoms with Crippen molar-refractivity contribution in [2.24, 2.45) is 0 Å². The van der Waals surface area contributed by atoms with Crippen molar-refractivity contribution in [1.29, 1.82) is 0 Å². The quantitative estimate of drug-likeness (QED) is 0.588. The van der Waals surface area contributed by atoms with E-state index in [9.17, 15) is 14.0 Å². The number of hydrogen-bond donors (Lipinski definition) is 2. The number of halogens is 1. The average molecular weight is 432 g/mol. The van der Waals surface area contributed by atoms with E-state index in [-0.39, 0.29) is 11.5 Å². The van der Waals surface area contributed by atoms with Gasteiger partial charge in [0, 0.05) is 16.7 Å². The van der Waals surface area contributed by atoms with Gasteiger partial charge in [-0.3, -0.25) is 9.59 Å². The van der Waals surface area contributed by atoms with Crippen molar-refractivity contribution in [1.82, 2.24) is 10.7 Å². The van der Waals surface area contributed by atoms with Crippen LogP contribution in [0.1, 0.15) is 34.5 Å². The van der Waals surface area contributed by atoms with Crippen LogP contribution in [-0.4, -0.2) is 35.4 Å². The van der Waals surface area contributed by atoms with Crippen LogP contribution in [0.15, 0.2) is 78.9 Å². The summed E-state index contributed by atoms with van der Waals surface area (Å²) in [5, 5.41) is 2.80. The first kappa shape index (κ1) is 21.2. The Kier molecular flexibility index (Phi) is 6.26. The Hall–Kier alpha value is -4.00. The maximum absolute atomic E-state index is 13.2. The van der Waals surface area contributed by atoms with E-state index in [4.69, 9.17) is 4.74 Å². The molecule has 0 spiro atoms. The molecule has 0 radical (unpaired) electrons. The van der Waals surface area contributed by atoms with Gasteiger partial charge in [-0.25, -0.2) is 4.39 Å². The SMILES string of the molecule is CCOc1ccc(/C=[N+]2\NC(=O)[C@@H](NC(=O)c3ccc(F)cc3)[C@@H]2c2ccccc2)cc1. The van der Waals surface area contributed by atoms with E-state index in [1.54, 1.807) is 4.68 Å². The largest absolute Gasteiger partial charge is 0.494 e. The second-order valence-electron chi connectivity index (χ2n) is 7.33. The van der Waals surface area contributed by atoms with E-state index in [0.29, 0.717) is 6.61 Å². The van der Waals surface area contributed by atoms with Crippen LogP contribution in [0.2, 0.25) is 0 Å². The number of carbonyl (C=O) groups is 2. The zero-order valence-corrected chi connectivity index (χ0v) is 17.5. The molecule has 1 saturated heterocycles. The van der Waals surface area contributed by atoms with Crippen LogP contribution < -0.4 is 15.5 Å². The molecule has 0 saturated carbocycles. The first-order chi connectivity index (χ1) is 15.5. The minimum Gasteiger partial charge on any atom is -0.494 e. The molecule has 2 N–H and O–H groups in total. The lowest BCUT2D eigenvalue weighted by molar-refractivity contribution is -0.596. The predicted octanol–water partition coefficient (Wildman–Crippen LogP) is 3.24. The molecule has 1 aliphatic rings. The van der Waals surface area contributed by atoms with E-state index in [1.165, 1.54) is 24.3 Å². The summed E-state index contributed by atoms with van der Waals surface area (Å²) in [7, 11) is 0. The fraction of sp³-hybridized carbons (Fsp3) is 0.160. The Balaban J connectivity index is 1.64. The Labute approximate surface area is 185 Å². The highest BCUT2D eigenvalue weighted by molar-refractivity contribution is 5.98. The highest BCUT2D eigenvalue weighted by atomic mass is 19.1. The van der Waals surface area contributed by atoms with Gasteiger partial charge in [-0.2, -0.15) is 0 Å². The number of carbonyl (C=O) groups excluding carboxylic acids is 2. The molecule has 0 unspecified atom stereocenters. The lowest BCUT2D eigenvalue weighted by Crippen LogP contribution is -2.42. The molecule has 1 heterocycles. The Morgan fingerprint density at radius 2 is 1.75 bits per heavy atom. The lowest BCUT2D eigenvalue weighted by Gasteiger charge is -2.14. The van der Waals surface area contributed by atoms with Gasteiger partial charge in [-0.1, -0.05) is 30.3 Å². The van der Waals surface area contributed by atoms with Crippen LogP contribution in [0.3, 0.4) is 0 Å². The lowest BCUT2D eigenvalue weighted by atomic mass is 10.00. The summed E-state index contributed by atoms with van der Waals surface area (Å²) in [4.78, 5) is 25.6. The molecule has 4 rings (SSSR count). The Morgan fingerprint density at radius 3 is 2.41 bits per heavy atom. The summed E-state index contributed by atoms with van der Waals surface area (Å²) in [6.07, 6.45) is 1.81. The van der Waals surface area contributed by atoms with Gasteiger partial charge in [-0.05, 0) is 55.5 Å². The third-order valence-corrected chi connectivity index (χ3v) is 5.15. The van der Waals surface area contributed by atoms with Gasteiger partial charge in [0.25, 0.3) is 5.91 Å². The van der Waals surface area contributed by atoms with Crippen molar-refractivity contribution in [3.8, 4) is 5.75 Å². The summed E-state index contributed by atoms with van der Waals surface area (Å²) in [5.74, 6) is -0.455. The topological polar surface area (TPSA) is 70.4 Å². The number of ether oxygens (including phenoxy) is 1. The van der Waals surface area contributed by atoms with Crippen LogP contribution in [0.4, 0.5) is 4.39 Å². The van der Waals surface area contributed by atoms with E-state index < -0.39 is 23.8 Å². The van der Waals surface area contributed by atoms with Crippen molar-refractivity contribution >= 4 is 18.0 Å². The number of rotatable bonds is 6. The van der Waals surface area contributed by atoms with E-state index in [0.717, 1.165) is 16.9 Å². The van der Waals surface area contributed by atoms with Gasteiger partial charge in [0.15, 0.2) is 6.04 Å². The predicted molar refractivity (Wildman–Crippen MR) is 118 cm³/mol. The smallest absolute Gasteiger partial charge is 0.304 e. The molecule has 2 atom stereocenters. The van der Waals surface area contributed by atoms with Crippen molar-refractivity contribution in [2.45, 2.75) is 19.0 Å². The standard InChI is InChI=1S/C25H22FN3O3/c1-2-32-21-14-8-17(9-15-21)16-29-23(18-6-4-3-5-7-18)22(25(31)28-29)27-24(30)19-10-12-20(26)13-11-19/h3-16,22-23H,2H2,1H3,(H-,27,28,30,31)/p+1/b29-16-/t22-,23-/m0/s1. The van der Waals surface area contributed by atoms with Crippen LogP contribution in [0, 0.1) is 5.82 Å². The van der Waals surface area contributed by atoms with Gasteiger partial charge in [-0.15, -0.1) is 10.1 Å². The van der Waals surface area contributed by atoms with Gasteiger partial charge >= 0.3 is 5.91 Å². The van der Waals surface area contributed by atoms with Gasteiger partial charge in [0.05, 0.1) is 6.61 Å². The Morgan fingerprint density at radius 1 is 1.06 bits per heavy atom. The molecule has 6 nitrogen and oxygen atoms in total. The first-order valence-corrected chi connectivity index (χ1v) is 10.3.